The van der Waals surface area contributed by atoms with Crippen molar-refractivity contribution in [1.82, 2.24) is 24.8 Å². The number of nitrogens with one attached hydrogen (secondary N) is 1. The first-order chi connectivity index (χ1) is 13.5. The lowest BCUT2D eigenvalue weighted by atomic mass is 9.92. The third-order valence-electron chi connectivity index (χ3n) is 5.13. The summed E-state index contributed by atoms with van der Waals surface area (Å²) in [7, 11) is 3.73. The van der Waals surface area contributed by atoms with Gasteiger partial charge in [-0.3, -0.25) is 14.6 Å². The van der Waals surface area contributed by atoms with Crippen LogP contribution >= 0.6 is 0 Å². The SMILES string of the molecule is CN(C)c1ncc2c(=O)[nH]c(C3CCN(C(=O)c4cccnc4)CC3)cc2n1. The maximum atomic E-state index is 12.6. The number of pyridine rings is 2. The number of aromatic amines is 1. The van der Waals surface area contributed by atoms with Crippen molar-refractivity contribution in [3.05, 3.63) is 58.4 Å². The highest BCUT2D eigenvalue weighted by atomic mass is 16.2. The van der Waals surface area contributed by atoms with Gasteiger partial charge < -0.3 is 14.8 Å². The molecule has 1 fully saturated rings. The van der Waals surface area contributed by atoms with Crippen LogP contribution in [0.2, 0.25) is 0 Å². The van der Waals surface area contributed by atoms with Gasteiger partial charge in [-0.05, 0) is 31.0 Å². The van der Waals surface area contributed by atoms with Gasteiger partial charge in [-0.2, -0.15) is 0 Å². The first kappa shape index (κ1) is 18.1. The Morgan fingerprint density at radius 3 is 2.71 bits per heavy atom. The van der Waals surface area contributed by atoms with Crippen LogP contribution in [0.5, 0.6) is 0 Å². The van der Waals surface area contributed by atoms with Crippen LogP contribution in [0.25, 0.3) is 10.9 Å². The van der Waals surface area contributed by atoms with Crippen LogP contribution in [0, 0.1) is 0 Å². The number of nitrogens with zero attached hydrogens (tertiary/aromatic N) is 5. The van der Waals surface area contributed by atoms with Crippen LogP contribution in [-0.2, 0) is 0 Å². The third-order valence-corrected chi connectivity index (χ3v) is 5.13. The van der Waals surface area contributed by atoms with Gasteiger partial charge in [-0.25, -0.2) is 9.97 Å². The Labute approximate surface area is 162 Å². The van der Waals surface area contributed by atoms with E-state index in [4.69, 9.17) is 0 Å². The molecular formula is C20H22N6O2. The van der Waals surface area contributed by atoms with E-state index in [1.54, 1.807) is 30.7 Å². The minimum atomic E-state index is -0.174. The molecule has 0 aliphatic carbocycles. The summed E-state index contributed by atoms with van der Waals surface area (Å²) in [6, 6.07) is 5.49. The molecule has 0 saturated carbocycles. The predicted molar refractivity (Wildman–Crippen MR) is 107 cm³/mol. The second kappa shape index (κ2) is 7.38. The second-order valence-corrected chi connectivity index (χ2v) is 7.23. The Morgan fingerprint density at radius 1 is 1.25 bits per heavy atom. The molecule has 144 valence electrons. The molecule has 3 aromatic rings. The molecule has 3 aromatic heterocycles. The summed E-state index contributed by atoms with van der Waals surface area (Å²) < 4.78 is 0. The first-order valence-corrected chi connectivity index (χ1v) is 9.29. The molecule has 0 unspecified atom stereocenters. The summed E-state index contributed by atoms with van der Waals surface area (Å²) >= 11 is 0. The number of carbonyl (C=O) groups excluding carboxylic acids is 1. The third kappa shape index (κ3) is 3.45. The quantitative estimate of drug-likeness (QED) is 0.747. The average molecular weight is 378 g/mol. The minimum absolute atomic E-state index is 0.00178. The van der Waals surface area contributed by atoms with Gasteiger partial charge in [0.2, 0.25) is 5.95 Å². The first-order valence-electron chi connectivity index (χ1n) is 9.29. The van der Waals surface area contributed by atoms with Crippen molar-refractivity contribution in [3.63, 3.8) is 0 Å². The monoisotopic (exact) mass is 378 g/mol. The zero-order valence-corrected chi connectivity index (χ0v) is 15.9. The van der Waals surface area contributed by atoms with Crippen LogP contribution in [0.3, 0.4) is 0 Å². The highest BCUT2D eigenvalue weighted by Gasteiger charge is 2.25. The summed E-state index contributed by atoms with van der Waals surface area (Å²) in [5.41, 5.74) is 1.94. The Kier molecular flexibility index (Phi) is 4.77. The van der Waals surface area contributed by atoms with Crippen LogP contribution in [-0.4, -0.2) is 57.9 Å². The largest absolute Gasteiger partial charge is 0.347 e. The van der Waals surface area contributed by atoms with E-state index in [0.717, 1.165) is 18.5 Å². The van der Waals surface area contributed by atoms with Crippen molar-refractivity contribution < 1.29 is 4.79 Å². The number of carbonyl (C=O) groups is 1. The van der Waals surface area contributed by atoms with E-state index in [2.05, 4.69) is 19.9 Å². The normalized spacial score (nSPS) is 15.0. The molecule has 0 atom stereocenters. The molecule has 1 amide bonds. The lowest BCUT2D eigenvalue weighted by molar-refractivity contribution is 0.0711. The van der Waals surface area contributed by atoms with Crippen LogP contribution < -0.4 is 10.5 Å². The van der Waals surface area contributed by atoms with Gasteiger partial charge in [0.25, 0.3) is 11.5 Å². The highest BCUT2D eigenvalue weighted by Crippen LogP contribution is 2.28. The number of fused-ring (bicyclic) bond motifs is 1. The number of hydrogen-bond donors (Lipinski definition) is 1. The molecule has 1 aliphatic heterocycles. The zero-order valence-electron chi connectivity index (χ0n) is 15.9. The summed E-state index contributed by atoms with van der Waals surface area (Å²) in [6.45, 7) is 1.29. The molecule has 8 heteroatoms. The summed E-state index contributed by atoms with van der Waals surface area (Å²) in [4.78, 5) is 44.4. The van der Waals surface area contributed by atoms with E-state index in [1.165, 1.54) is 0 Å². The number of likely N-dealkylation sites (tertiary alicyclic amines) is 1. The fraction of sp³-hybridized carbons (Fsp3) is 0.350. The molecule has 0 spiro atoms. The number of rotatable bonds is 3. The van der Waals surface area contributed by atoms with Crippen molar-refractivity contribution in [2.24, 2.45) is 0 Å². The van der Waals surface area contributed by atoms with E-state index in [9.17, 15) is 9.59 Å². The number of piperidine rings is 1. The van der Waals surface area contributed by atoms with Gasteiger partial charge in [0.15, 0.2) is 0 Å². The van der Waals surface area contributed by atoms with Crippen molar-refractivity contribution in [2.75, 3.05) is 32.1 Å². The number of amides is 1. The van der Waals surface area contributed by atoms with Gasteiger partial charge in [-0.1, -0.05) is 0 Å². The van der Waals surface area contributed by atoms with Crippen molar-refractivity contribution in [1.29, 1.82) is 0 Å². The molecule has 0 bridgehead atoms. The van der Waals surface area contributed by atoms with Gasteiger partial charge in [0.1, 0.15) is 0 Å². The Morgan fingerprint density at radius 2 is 2.04 bits per heavy atom. The Bertz CT molecular complexity index is 1060. The molecule has 0 aromatic carbocycles. The topological polar surface area (TPSA) is 95.1 Å². The number of anilines is 1. The average Bonchev–Trinajstić information content (AvgIpc) is 2.73. The number of hydrogen-bond acceptors (Lipinski definition) is 6. The van der Waals surface area contributed by atoms with Crippen LogP contribution in [0.1, 0.15) is 34.8 Å². The fourth-order valence-corrected chi connectivity index (χ4v) is 3.55. The molecule has 1 N–H and O–H groups in total. The fourth-order valence-electron chi connectivity index (χ4n) is 3.55. The maximum absolute atomic E-state index is 12.6. The van der Waals surface area contributed by atoms with Crippen LogP contribution in [0.15, 0.2) is 41.6 Å². The lowest BCUT2D eigenvalue weighted by Crippen LogP contribution is -2.38. The van der Waals surface area contributed by atoms with Crippen LogP contribution in [0.4, 0.5) is 5.95 Å². The molecule has 4 rings (SSSR count). The molecule has 1 saturated heterocycles. The molecule has 28 heavy (non-hydrogen) atoms. The van der Waals surface area contributed by atoms with E-state index in [-0.39, 0.29) is 17.4 Å². The van der Waals surface area contributed by atoms with Crippen molar-refractivity contribution in [2.45, 2.75) is 18.8 Å². The highest BCUT2D eigenvalue weighted by molar-refractivity contribution is 5.93. The minimum Gasteiger partial charge on any atom is -0.347 e. The second-order valence-electron chi connectivity index (χ2n) is 7.23. The number of H-pyrrole nitrogens is 1. The summed E-state index contributed by atoms with van der Waals surface area (Å²) in [6.07, 6.45) is 6.40. The van der Waals surface area contributed by atoms with E-state index >= 15 is 0 Å². The smallest absolute Gasteiger partial charge is 0.259 e. The standard InChI is InChI=1S/C20H22N6O2/c1-25(2)20-22-12-15-17(24-20)10-16(23-18(15)27)13-5-8-26(9-6-13)19(28)14-4-3-7-21-11-14/h3-4,7,10-13H,5-6,8-9H2,1-2H3,(H,23,27). The summed E-state index contributed by atoms with van der Waals surface area (Å²) in [5, 5.41) is 0.485. The lowest BCUT2D eigenvalue weighted by Gasteiger charge is -2.32. The predicted octanol–water partition coefficient (Wildman–Crippen LogP) is 1.80. The molecule has 8 nitrogen and oxygen atoms in total. The Balaban J connectivity index is 1.53. The maximum Gasteiger partial charge on any atom is 0.259 e. The molecular weight excluding hydrogens is 356 g/mol. The van der Waals surface area contributed by atoms with Gasteiger partial charge in [0.05, 0.1) is 16.5 Å². The van der Waals surface area contributed by atoms with Crippen molar-refractivity contribution >= 4 is 22.8 Å². The summed E-state index contributed by atoms with van der Waals surface area (Å²) in [5.74, 6) is 0.760. The zero-order chi connectivity index (χ0) is 19.7. The van der Waals surface area contributed by atoms with E-state index in [0.29, 0.717) is 35.5 Å². The van der Waals surface area contributed by atoms with Gasteiger partial charge >= 0.3 is 0 Å². The van der Waals surface area contributed by atoms with Gasteiger partial charge in [-0.15, -0.1) is 0 Å². The van der Waals surface area contributed by atoms with E-state index < -0.39 is 0 Å². The van der Waals surface area contributed by atoms with Gasteiger partial charge in [0, 0.05) is 57.4 Å². The molecule has 0 radical (unpaired) electrons. The molecule has 4 heterocycles. The molecule has 1 aliphatic rings. The van der Waals surface area contributed by atoms with Crippen molar-refractivity contribution in [3.8, 4) is 0 Å². The number of aromatic nitrogens is 4. The van der Waals surface area contributed by atoms with E-state index in [1.807, 2.05) is 30.0 Å². The Hall–Kier alpha value is -3.29.